The van der Waals surface area contributed by atoms with Crippen LogP contribution in [0.2, 0.25) is 0 Å². The van der Waals surface area contributed by atoms with E-state index in [0.29, 0.717) is 19.3 Å². The molecular weight excluding hydrogens is 420 g/mol. The highest BCUT2D eigenvalue weighted by molar-refractivity contribution is 5.29. The van der Waals surface area contributed by atoms with Gasteiger partial charge in [0.15, 0.2) is 0 Å². The van der Waals surface area contributed by atoms with E-state index in [9.17, 15) is 0 Å². The number of allylic oxidation sites excluding steroid dienone is 3. The first kappa shape index (κ1) is 26.7. The summed E-state index contributed by atoms with van der Waals surface area (Å²) in [5.41, 5.74) is 2.82. The van der Waals surface area contributed by atoms with Crippen molar-refractivity contribution >= 4 is 0 Å². The number of rotatable bonds is 6. The lowest BCUT2D eigenvalue weighted by Crippen LogP contribution is -1.85. The molecule has 0 atom stereocenters. The normalized spacial score (nSPS) is 9.45. The Kier molecular flexibility index (Phi) is 11.2. The zero-order valence-electron chi connectivity index (χ0n) is 18.4. The van der Waals surface area contributed by atoms with E-state index in [4.69, 9.17) is 30.6 Å². The van der Waals surface area contributed by atoms with Crippen LogP contribution >= 0.6 is 0 Å². The maximum Gasteiger partial charge on any atom is 0.115 e. The molecule has 33 heavy (non-hydrogen) atoms. The molecule has 6 nitrogen and oxygen atoms in total. The third-order valence-electron chi connectivity index (χ3n) is 4.03. The SMILES string of the molecule is C=C(O)Cc1ccc(O)cc1.C=C(O)Cc1ccc(O)cc1.C=C(O)Cc1ccc(O)cc1. The first-order valence-electron chi connectivity index (χ1n) is 9.99. The van der Waals surface area contributed by atoms with Crippen LogP contribution in [0.1, 0.15) is 16.7 Å². The van der Waals surface area contributed by atoms with Gasteiger partial charge in [0.2, 0.25) is 0 Å². The summed E-state index contributed by atoms with van der Waals surface area (Å²) in [5, 5.41) is 53.2. The van der Waals surface area contributed by atoms with Crippen LogP contribution in [0.5, 0.6) is 17.2 Å². The van der Waals surface area contributed by atoms with Gasteiger partial charge in [-0.3, -0.25) is 0 Å². The quantitative estimate of drug-likeness (QED) is 0.255. The van der Waals surface area contributed by atoms with Crippen molar-refractivity contribution in [1.82, 2.24) is 0 Å². The highest BCUT2D eigenvalue weighted by Crippen LogP contribution is 2.13. The molecule has 0 spiro atoms. The monoisotopic (exact) mass is 450 g/mol. The summed E-state index contributed by atoms with van der Waals surface area (Å²) in [7, 11) is 0. The Morgan fingerprint density at radius 1 is 0.424 bits per heavy atom. The van der Waals surface area contributed by atoms with Crippen molar-refractivity contribution in [2.24, 2.45) is 0 Å². The highest BCUT2D eigenvalue weighted by atomic mass is 16.3. The zero-order chi connectivity index (χ0) is 24.8. The molecule has 0 aliphatic heterocycles. The van der Waals surface area contributed by atoms with E-state index >= 15 is 0 Å². The van der Waals surface area contributed by atoms with Crippen molar-refractivity contribution in [3.05, 3.63) is 127 Å². The molecule has 0 aliphatic rings. The molecule has 3 aromatic rings. The van der Waals surface area contributed by atoms with Crippen LogP contribution in [0.25, 0.3) is 0 Å². The number of aromatic hydroxyl groups is 3. The van der Waals surface area contributed by atoms with Gasteiger partial charge in [-0.15, -0.1) is 0 Å². The molecule has 0 unspecified atom stereocenters. The van der Waals surface area contributed by atoms with Crippen LogP contribution in [0.4, 0.5) is 0 Å². The first-order valence-corrected chi connectivity index (χ1v) is 9.99. The van der Waals surface area contributed by atoms with Crippen LogP contribution in [0.15, 0.2) is 110 Å². The van der Waals surface area contributed by atoms with E-state index in [0.717, 1.165) is 16.7 Å². The van der Waals surface area contributed by atoms with Gasteiger partial charge in [-0.1, -0.05) is 56.1 Å². The van der Waals surface area contributed by atoms with Crippen LogP contribution in [-0.2, 0) is 19.3 Å². The number of benzene rings is 3. The Morgan fingerprint density at radius 3 is 0.758 bits per heavy atom. The maximum absolute atomic E-state index is 8.91. The largest absolute Gasteiger partial charge is 0.513 e. The molecule has 0 saturated carbocycles. The van der Waals surface area contributed by atoms with Gasteiger partial charge in [0.1, 0.15) is 17.2 Å². The Hall–Kier alpha value is -4.32. The van der Waals surface area contributed by atoms with Crippen LogP contribution < -0.4 is 0 Å². The predicted octanol–water partition coefficient (Wildman–Crippen LogP) is 6.02. The Balaban J connectivity index is 0.000000247. The van der Waals surface area contributed by atoms with E-state index in [1.807, 2.05) is 0 Å². The minimum Gasteiger partial charge on any atom is -0.513 e. The lowest BCUT2D eigenvalue weighted by Gasteiger charge is -1.98. The Labute approximate surface area is 194 Å². The summed E-state index contributed by atoms with van der Waals surface area (Å²) in [4.78, 5) is 0. The molecule has 0 saturated heterocycles. The van der Waals surface area contributed by atoms with Crippen molar-refractivity contribution < 1.29 is 30.6 Å². The fourth-order valence-corrected chi connectivity index (χ4v) is 2.55. The molecule has 0 aromatic heterocycles. The number of aliphatic hydroxyl groups is 3. The van der Waals surface area contributed by atoms with Crippen molar-refractivity contribution in [3.8, 4) is 17.2 Å². The molecule has 0 bridgehead atoms. The molecule has 0 amide bonds. The van der Waals surface area contributed by atoms with Gasteiger partial charge in [0, 0.05) is 19.3 Å². The van der Waals surface area contributed by atoms with Gasteiger partial charge >= 0.3 is 0 Å². The summed E-state index contributed by atoms with van der Waals surface area (Å²) < 4.78 is 0. The Bertz CT molecular complexity index is 883. The van der Waals surface area contributed by atoms with Crippen LogP contribution in [0, 0.1) is 0 Å². The second kappa shape index (κ2) is 13.9. The van der Waals surface area contributed by atoms with Gasteiger partial charge in [-0.05, 0) is 53.1 Å². The van der Waals surface area contributed by atoms with E-state index in [-0.39, 0.29) is 34.5 Å². The molecule has 3 aromatic carbocycles. The number of hydrogen-bond acceptors (Lipinski definition) is 6. The topological polar surface area (TPSA) is 121 Å². The first-order chi connectivity index (χ1) is 15.5. The van der Waals surface area contributed by atoms with Crippen molar-refractivity contribution in [2.45, 2.75) is 19.3 Å². The lowest BCUT2D eigenvalue weighted by molar-refractivity contribution is 0.401. The second-order valence-electron chi connectivity index (χ2n) is 7.23. The number of hydrogen-bond donors (Lipinski definition) is 6. The molecule has 6 N–H and O–H groups in total. The van der Waals surface area contributed by atoms with Crippen LogP contribution in [-0.4, -0.2) is 30.6 Å². The minimum absolute atomic E-state index is 0.135. The van der Waals surface area contributed by atoms with Gasteiger partial charge in [-0.25, -0.2) is 0 Å². The molecule has 6 heteroatoms. The highest BCUT2D eigenvalue weighted by Gasteiger charge is 1.95. The third kappa shape index (κ3) is 12.9. The number of aliphatic hydroxyl groups excluding tert-OH is 3. The number of phenolic OH excluding ortho intramolecular Hbond substituents is 3. The summed E-state index contributed by atoms with van der Waals surface area (Å²) in [6, 6.07) is 20.0. The second-order valence-corrected chi connectivity index (χ2v) is 7.23. The average molecular weight is 451 g/mol. The zero-order valence-corrected chi connectivity index (χ0v) is 18.4. The fraction of sp³-hybridized carbons (Fsp3) is 0.111. The minimum atomic E-state index is 0.135. The van der Waals surface area contributed by atoms with E-state index in [1.165, 1.54) is 0 Å². The van der Waals surface area contributed by atoms with E-state index in [2.05, 4.69) is 19.7 Å². The Morgan fingerprint density at radius 2 is 0.606 bits per heavy atom. The van der Waals surface area contributed by atoms with Crippen molar-refractivity contribution in [2.75, 3.05) is 0 Å². The molecule has 0 fully saturated rings. The standard InChI is InChI=1S/3C9H10O2/c3*1-7(10)6-8-2-4-9(11)5-3-8/h3*2-5,10-11H,1,6H2. The molecular formula is C27H30O6. The average Bonchev–Trinajstić information content (AvgIpc) is 2.73. The van der Waals surface area contributed by atoms with Gasteiger partial charge in [0.25, 0.3) is 0 Å². The smallest absolute Gasteiger partial charge is 0.115 e. The molecule has 3 rings (SSSR count). The van der Waals surface area contributed by atoms with Gasteiger partial charge in [0.05, 0.1) is 17.3 Å². The maximum atomic E-state index is 8.91. The van der Waals surface area contributed by atoms with E-state index < -0.39 is 0 Å². The lowest BCUT2D eigenvalue weighted by atomic mass is 10.1. The number of phenols is 3. The third-order valence-corrected chi connectivity index (χ3v) is 4.03. The molecule has 0 radical (unpaired) electrons. The van der Waals surface area contributed by atoms with Gasteiger partial charge in [-0.2, -0.15) is 0 Å². The molecule has 0 aliphatic carbocycles. The van der Waals surface area contributed by atoms with Crippen LogP contribution in [0.3, 0.4) is 0 Å². The van der Waals surface area contributed by atoms with E-state index in [1.54, 1.807) is 72.8 Å². The summed E-state index contributed by atoms with van der Waals surface area (Å²) >= 11 is 0. The summed E-state index contributed by atoms with van der Waals surface area (Å²) in [5.74, 6) is 1.11. The van der Waals surface area contributed by atoms with Gasteiger partial charge < -0.3 is 30.6 Å². The summed E-state index contributed by atoms with van der Waals surface area (Å²) in [6.45, 7) is 10.1. The molecule has 0 heterocycles. The van der Waals surface area contributed by atoms with Crippen molar-refractivity contribution in [3.63, 3.8) is 0 Å². The fourth-order valence-electron chi connectivity index (χ4n) is 2.55. The van der Waals surface area contributed by atoms with Crippen molar-refractivity contribution in [1.29, 1.82) is 0 Å². The summed E-state index contributed by atoms with van der Waals surface area (Å²) in [6.07, 6.45) is 1.33. The predicted molar refractivity (Wildman–Crippen MR) is 131 cm³/mol. The molecule has 174 valence electrons.